The molecule has 12 nitrogen and oxygen atoms in total. The maximum atomic E-state index is 13.4. The second-order valence-electron chi connectivity index (χ2n) is 11.4. The van der Waals surface area contributed by atoms with Crippen LogP contribution in [0.25, 0.3) is 0 Å². The zero-order valence-corrected chi connectivity index (χ0v) is 22.2. The van der Waals surface area contributed by atoms with Gasteiger partial charge >= 0.3 is 12.2 Å². The molecule has 0 spiro atoms. The van der Waals surface area contributed by atoms with Gasteiger partial charge in [-0.1, -0.05) is 6.07 Å². The highest BCUT2D eigenvalue weighted by Gasteiger charge is 2.50. The Kier molecular flexibility index (Phi) is 6.71. The second-order valence-corrected chi connectivity index (χ2v) is 11.4. The van der Waals surface area contributed by atoms with E-state index < -0.39 is 59.2 Å². The summed E-state index contributed by atoms with van der Waals surface area (Å²) in [6, 6.07) is 3.17. The third kappa shape index (κ3) is 5.20. The van der Waals surface area contributed by atoms with Gasteiger partial charge in [0.25, 0.3) is 17.7 Å². The van der Waals surface area contributed by atoms with Crippen molar-refractivity contribution in [1.29, 1.82) is 0 Å². The number of nitrogens with zero attached hydrogens (tertiary/aromatic N) is 3. The number of hydrogen-bond donors (Lipinski definition) is 0. The predicted molar refractivity (Wildman–Crippen MR) is 130 cm³/mol. The third-order valence-corrected chi connectivity index (χ3v) is 5.98. The van der Waals surface area contributed by atoms with E-state index in [9.17, 15) is 28.8 Å². The summed E-state index contributed by atoms with van der Waals surface area (Å²) in [7, 11) is 0. The van der Waals surface area contributed by atoms with Gasteiger partial charge in [-0.15, -0.1) is 0 Å². The number of imide groups is 4. The summed E-state index contributed by atoms with van der Waals surface area (Å²) in [5, 5.41) is 0. The molecule has 3 heterocycles. The van der Waals surface area contributed by atoms with Crippen molar-refractivity contribution in [1.82, 2.24) is 14.7 Å². The van der Waals surface area contributed by atoms with Crippen molar-refractivity contribution in [3.8, 4) is 5.75 Å². The highest BCUT2D eigenvalue weighted by atomic mass is 16.6. The quantitative estimate of drug-likeness (QED) is 0.541. The van der Waals surface area contributed by atoms with Crippen molar-refractivity contribution in [2.45, 2.75) is 77.7 Å². The van der Waals surface area contributed by atoms with Crippen molar-refractivity contribution in [3.63, 3.8) is 0 Å². The second kappa shape index (κ2) is 9.41. The van der Waals surface area contributed by atoms with Crippen LogP contribution in [0.4, 0.5) is 9.59 Å². The molecule has 1 atom stereocenters. The van der Waals surface area contributed by atoms with Crippen LogP contribution in [-0.4, -0.2) is 87.0 Å². The Balaban J connectivity index is 1.50. The predicted octanol–water partition coefficient (Wildman–Crippen LogP) is 2.73. The number of benzene rings is 1. The van der Waals surface area contributed by atoms with Crippen LogP contribution in [0.15, 0.2) is 18.2 Å². The molecule has 0 saturated carbocycles. The Bertz CT molecular complexity index is 1220. The van der Waals surface area contributed by atoms with Crippen LogP contribution in [0.5, 0.6) is 5.75 Å². The van der Waals surface area contributed by atoms with Crippen molar-refractivity contribution in [3.05, 3.63) is 29.3 Å². The lowest BCUT2D eigenvalue weighted by Crippen LogP contribution is -2.58. The van der Waals surface area contributed by atoms with Gasteiger partial charge in [-0.2, -0.15) is 4.90 Å². The first-order valence-corrected chi connectivity index (χ1v) is 12.3. The van der Waals surface area contributed by atoms with Gasteiger partial charge in [0, 0.05) is 6.42 Å². The van der Waals surface area contributed by atoms with Crippen LogP contribution in [0.1, 0.15) is 75.1 Å². The zero-order chi connectivity index (χ0) is 28.2. The first-order chi connectivity index (χ1) is 17.6. The smallest absolute Gasteiger partial charge is 0.424 e. The molecule has 3 aliphatic heterocycles. The highest BCUT2D eigenvalue weighted by molar-refractivity contribution is 6.25. The lowest BCUT2D eigenvalue weighted by atomic mass is 10.0. The number of carbonyl (C=O) groups is 6. The monoisotopic (exact) mass is 529 g/mol. The SMILES string of the molecule is CC(C)(C)OC(=O)N1CC(Oc2cccc3c2C(=O)N(C2CCC(=O)N(C(=O)OC(C)(C)C)C2=O)C3=O)C1. The third-order valence-electron chi connectivity index (χ3n) is 5.98. The van der Waals surface area contributed by atoms with E-state index in [-0.39, 0.29) is 42.8 Å². The number of ether oxygens (including phenoxy) is 3. The molecular formula is C26H31N3O9. The fourth-order valence-electron chi connectivity index (χ4n) is 4.33. The summed E-state index contributed by atoms with van der Waals surface area (Å²) >= 11 is 0. The van der Waals surface area contributed by atoms with E-state index in [1.165, 1.54) is 17.0 Å². The molecule has 204 valence electrons. The maximum absolute atomic E-state index is 13.4. The van der Waals surface area contributed by atoms with Gasteiger partial charge in [0.15, 0.2) is 0 Å². The highest BCUT2D eigenvalue weighted by Crippen LogP contribution is 2.36. The first-order valence-electron chi connectivity index (χ1n) is 12.3. The molecule has 12 heteroatoms. The van der Waals surface area contributed by atoms with Crippen molar-refractivity contribution < 1.29 is 43.0 Å². The fourth-order valence-corrected chi connectivity index (χ4v) is 4.33. The molecule has 1 aromatic carbocycles. The number of rotatable bonds is 3. The summed E-state index contributed by atoms with van der Waals surface area (Å²) in [5.74, 6) is -3.11. The summed E-state index contributed by atoms with van der Waals surface area (Å²) < 4.78 is 16.5. The van der Waals surface area contributed by atoms with Gasteiger partial charge in [-0.05, 0) is 60.1 Å². The molecule has 0 bridgehead atoms. The molecule has 0 aliphatic carbocycles. The van der Waals surface area contributed by atoms with Gasteiger partial charge < -0.3 is 19.1 Å². The van der Waals surface area contributed by atoms with Crippen LogP contribution in [0.2, 0.25) is 0 Å². The van der Waals surface area contributed by atoms with Gasteiger partial charge in [0.05, 0.1) is 24.2 Å². The molecule has 1 unspecified atom stereocenters. The Hall–Kier alpha value is -3.96. The van der Waals surface area contributed by atoms with Crippen LogP contribution in [0, 0.1) is 0 Å². The molecular weight excluding hydrogens is 498 g/mol. The number of fused-ring (bicyclic) bond motifs is 1. The van der Waals surface area contributed by atoms with E-state index in [0.29, 0.717) is 4.90 Å². The summed E-state index contributed by atoms with van der Waals surface area (Å²) in [6.07, 6.45) is -2.41. The topological polar surface area (TPSA) is 140 Å². The van der Waals surface area contributed by atoms with Crippen molar-refractivity contribution in [2.75, 3.05) is 13.1 Å². The molecule has 6 amide bonds. The van der Waals surface area contributed by atoms with Crippen LogP contribution >= 0.6 is 0 Å². The van der Waals surface area contributed by atoms with Gasteiger partial charge in [-0.3, -0.25) is 24.1 Å². The number of hydrogen-bond acceptors (Lipinski definition) is 9. The molecule has 3 aliphatic rings. The molecule has 1 aromatic rings. The van der Waals surface area contributed by atoms with Crippen molar-refractivity contribution >= 4 is 35.8 Å². The molecule has 0 aromatic heterocycles. The molecule has 0 N–H and O–H groups in total. The van der Waals surface area contributed by atoms with E-state index in [1.807, 2.05) is 0 Å². The van der Waals surface area contributed by atoms with Crippen LogP contribution < -0.4 is 4.74 Å². The Labute approximate surface area is 219 Å². The normalized spacial score (nSPS) is 20.4. The van der Waals surface area contributed by atoms with Gasteiger partial charge in [-0.25, -0.2) is 9.59 Å². The number of likely N-dealkylation sites (tertiary alicyclic amines) is 2. The lowest BCUT2D eigenvalue weighted by Gasteiger charge is -2.39. The van der Waals surface area contributed by atoms with Crippen LogP contribution in [0.3, 0.4) is 0 Å². The Morgan fingerprint density at radius 2 is 1.47 bits per heavy atom. The standard InChI is InChI=1S/C26H31N3O9/c1-25(2,3)37-23(34)27-12-14(13-27)36-17-9-7-8-15-19(17)22(33)28(20(15)31)16-10-11-18(30)29(21(16)32)24(35)38-26(4,5)6/h7-9,14,16H,10-13H2,1-6H3. The van der Waals surface area contributed by atoms with Crippen molar-refractivity contribution in [2.24, 2.45) is 0 Å². The average molecular weight is 530 g/mol. The minimum absolute atomic E-state index is 0.0123. The average Bonchev–Trinajstić information content (AvgIpc) is 2.99. The molecule has 2 fully saturated rings. The summed E-state index contributed by atoms with van der Waals surface area (Å²) in [5.41, 5.74) is -1.57. The summed E-state index contributed by atoms with van der Waals surface area (Å²) in [4.78, 5) is 79.6. The zero-order valence-electron chi connectivity index (χ0n) is 22.2. The van der Waals surface area contributed by atoms with E-state index >= 15 is 0 Å². The maximum Gasteiger partial charge on any atom is 0.424 e. The van der Waals surface area contributed by atoms with E-state index in [2.05, 4.69) is 0 Å². The minimum atomic E-state index is -1.35. The molecule has 38 heavy (non-hydrogen) atoms. The fraction of sp³-hybridized carbons (Fsp3) is 0.538. The van der Waals surface area contributed by atoms with E-state index in [4.69, 9.17) is 14.2 Å². The van der Waals surface area contributed by atoms with Crippen LogP contribution in [-0.2, 0) is 19.1 Å². The summed E-state index contributed by atoms with van der Waals surface area (Å²) in [6.45, 7) is 10.5. The molecule has 0 radical (unpaired) electrons. The number of piperidine rings is 1. The van der Waals surface area contributed by atoms with E-state index in [0.717, 1.165) is 4.90 Å². The minimum Gasteiger partial charge on any atom is -0.486 e. The lowest BCUT2D eigenvalue weighted by molar-refractivity contribution is -0.149. The number of carbonyl (C=O) groups excluding carboxylic acids is 6. The molecule has 4 rings (SSSR count). The first kappa shape index (κ1) is 27.1. The largest absolute Gasteiger partial charge is 0.486 e. The van der Waals surface area contributed by atoms with Gasteiger partial charge in [0.1, 0.15) is 29.1 Å². The van der Waals surface area contributed by atoms with Gasteiger partial charge in [0.2, 0.25) is 5.91 Å². The van der Waals surface area contributed by atoms with E-state index in [1.54, 1.807) is 47.6 Å². The number of amides is 6. The molecule has 2 saturated heterocycles. The Morgan fingerprint density at radius 3 is 2.08 bits per heavy atom. The Morgan fingerprint density at radius 1 is 0.868 bits per heavy atom.